The van der Waals surface area contributed by atoms with E-state index in [2.05, 4.69) is 18.5 Å². The molecule has 0 radical (unpaired) electrons. The standard InChI is InChI=1S/C31H45NO6/c1-7-8-14-23-28(35)20(2)12-11-15-31(6)26(38-31)18-24(21(3)17-22-13-9-10-16-32-22)37-27(34)19-25(33)30(4,5)29(23)36/h7,9-10,13,16-17,20,23-26,28,33,35H,1,8,11-12,14-15,18-19H2,2-6H3/t20-,23+,24-,25-,26?,28+,31?/m0/s1. The van der Waals surface area contributed by atoms with E-state index < -0.39 is 35.6 Å². The van der Waals surface area contributed by atoms with Crippen LogP contribution in [0.3, 0.4) is 0 Å². The van der Waals surface area contributed by atoms with Crippen LogP contribution < -0.4 is 0 Å². The second-order valence-corrected chi connectivity index (χ2v) is 11.9. The fourth-order valence-electron chi connectivity index (χ4n) is 5.48. The van der Waals surface area contributed by atoms with Crippen molar-refractivity contribution in [2.24, 2.45) is 17.3 Å². The summed E-state index contributed by atoms with van der Waals surface area (Å²) < 4.78 is 12.0. The van der Waals surface area contributed by atoms with Crippen LogP contribution in [0.2, 0.25) is 0 Å². The first kappa shape index (κ1) is 30.2. The number of aliphatic hydroxyl groups is 2. The number of ketones is 1. The molecule has 0 aliphatic carbocycles. The van der Waals surface area contributed by atoms with Gasteiger partial charge >= 0.3 is 5.97 Å². The van der Waals surface area contributed by atoms with Crippen LogP contribution in [0.25, 0.3) is 6.08 Å². The number of hydrogen-bond donors (Lipinski definition) is 2. The summed E-state index contributed by atoms with van der Waals surface area (Å²) in [6.07, 6.45) is 6.22. The van der Waals surface area contributed by atoms with Gasteiger partial charge in [0, 0.05) is 18.5 Å². The minimum atomic E-state index is -1.26. The predicted molar refractivity (Wildman–Crippen MR) is 147 cm³/mol. The molecule has 1 aromatic heterocycles. The van der Waals surface area contributed by atoms with Gasteiger partial charge in [0.05, 0.1) is 41.4 Å². The highest BCUT2D eigenvalue weighted by Crippen LogP contribution is 2.45. The number of ether oxygens (including phenoxy) is 2. The Kier molecular flexibility index (Phi) is 10.1. The van der Waals surface area contributed by atoms with E-state index in [0.29, 0.717) is 19.3 Å². The van der Waals surface area contributed by atoms with Gasteiger partial charge in [-0.3, -0.25) is 14.6 Å². The lowest BCUT2D eigenvalue weighted by Gasteiger charge is -2.36. The highest BCUT2D eigenvalue weighted by Gasteiger charge is 2.53. The van der Waals surface area contributed by atoms with E-state index in [1.165, 1.54) is 0 Å². The number of aliphatic hydroxyl groups excluding tert-OH is 2. The summed E-state index contributed by atoms with van der Waals surface area (Å²) >= 11 is 0. The molecule has 7 heteroatoms. The molecule has 3 rings (SSSR count). The van der Waals surface area contributed by atoms with Gasteiger partial charge in [0.15, 0.2) is 0 Å². The highest BCUT2D eigenvalue weighted by atomic mass is 16.6. The number of cyclic esters (lactones) is 1. The number of carbonyl (C=O) groups excluding carboxylic acids is 2. The summed E-state index contributed by atoms with van der Waals surface area (Å²) in [6, 6.07) is 5.62. The summed E-state index contributed by atoms with van der Waals surface area (Å²) in [5.74, 6) is -1.58. The van der Waals surface area contributed by atoms with Crippen LogP contribution in [0.15, 0.2) is 42.6 Å². The molecule has 2 aliphatic heterocycles. The number of rotatable bonds is 5. The predicted octanol–water partition coefficient (Wildman–Crippen LogP) is 5.05. The molecule has 0 spiro atoms. The van der Waals surface area contributed by atoms with Crippen LogP contribution in [0.1, 0.15) is 85.3 Å². The Bertz CT molecular complexity index is 1000. The highest BCUT2D eigenvalue weighted by molar-refractivity contribution is 5.88. The number of carbonyl (C=O) groups is 2. The Balaban J connectivity index is 1.88. The molecule has 1 aromatic rings. The molecule has 2 N–H and O–H groups in total. The monoisotopic (exact) mass is 527 g/mol. The SMILES string of the molecule is C=CCC[C@H]1C(=O)C(C)(C)[C@@H](O)CC(=O)O[C@H](C(C)=Cc2ccccn2)CC2OC2(C)CCC[C@H](C)[C@H]1O. The van der Waals surface area contributed by atoms with Gasteiger partial charge in [0.2, 0.25) is 0 Å². The molecule has 3 heterocycles. The lowest BCUT2D eigenvalue weighted by Crippen LogP contribution is -2.46. The van der Waals surface area contributed by atoms with Crippen LogP contribution in [-0.4, -0.2) is 57.0 Å². The van der Waals surface area contributed by atoms with E-state index in [-0.39, 0.29) is 29.8 Å². The van der Waals surface area contributed by atoms with Crippen molar-refractivity contribution in [2.45, 2.75) is 110 Å². The van der Waals surface area contributed by atoms with Gasteiger partial charge in [-0.1, -0.05) is 39.3 Å². The molecular weight excluding hydrogens is 482 g/mol. The molecule has 2 aliphatic rings. The van der Waals surface area contributed by atoms with Crippen LogP contribution in [-0.2, 0) is 19.1 Å². The fourth-order valence-corrected chi connectivity index (χ4v) is 5.48. The van der Waals surface area contributed by atoms with Gasteiger partial charge in [0.25, 0.3) is 0 Å². The van der Waals surface area contributed by atoms with Crippen molar-refractivity contribution in [3.8, 4) is 0 Å². The van der Waals surface area contributed by atoms with E-state index in [0.717, 1.165) is 30.5 Å². The van der Waals surface area contributed by atoms with Crippen molar-refractivity contribution in [3.63, 3.8) is 0 Å². The smallest absolute Gasteiger partial charge is 0.309 e. The Hall–Kier alpha value is -2.35. The number of Topliss-reactive ketones (excluding diaryl/α,β-unsaturated/α-hetero) is 1. The summed E-state index contributed by atoms with van der Waals surface area (Å²) in [5.41, 5.74) is 0.0338. The van der Waals surface area contributed by atoms with E-state index in [1.54, 1.807) is 26.1 Å². The van der Waals surface area contributed by atoms with Crippen LogP contribution >= 0.6 is 0 Å². The van der Waals surface area contributed by atoms with Crippen LogP contribution in [0.5, 0.6) is 0 Å². The van der Waals surface area contributed by atoms with E-state index >= 15 is 0 Å². The maximum Gasteiger partial charge on any atom is 0.309 e. The molecule has 0 amide bonds. The van der Waals surface area contributed by atoms with E-state index in [1.807, 2.05) is 38.1 Å². The minimum absolute atomic E-state index is 0.0659. The number of esters is 1. The van der Waals surface area contributed by atoms with Crippen molar-refractivity contribution in [1.82, 2.24) is 4.98 Å². The lowest BCUT2D eigenvalue weighted by molar-refractivity contribution is -0.154. The van der Waals surface area contributed by atoms with Crippen LogP contribution in [0.4, 0.5) is 0 Å². The maximum atomic E-state index is 13.7. The average Bonchev–Trinajstić information content (AvgIpc) is 3.51. The second-order valence-electron chi connectivity index (χ2n) is 11.9. The number of fused-ring (bicyclic) bond motifs is 1. The molecule has 7 nitrogen and oxygen atoms in total. The van der Waals surface area contributed by atoms with E-state index in [4.69, 9.17) is 9.47 Å². The van der Waals surface area contributed by atoms with Crippen molar-refractivity contribution in [3.05, 3.63) is 48.3 Å². The summed E-state index contributed by atoms with van der Waals surface area (Å²) in [5, 5.41) is 22.3. The third-order valence-electron chi connectivity index (χ3n) is 8.48. The van der Waals surface area contributed by atoms with Gasteiger partial charge in [-0.05, 0) is 69.2 Å². The zero-order valence-electron chi connectivity index (χ0n) is 23.6. The molecule has 2 saturated heterocycles. The number of epoxide rings is 1. The number of pyridine rings is 1. The average molecular weight is 528 g/mol. The van der Waals surface area contributed by atoms with Crippen LogP contribution in [0, 0.1) is 17.3 Å². The fraction of sp³-hybridized carbons (Fsp3) is 0.645. The number of aromatic nitrogens is 1. The first-order valence-electron chi connectivity index (χ1n) is 13.9. The van der Waals surface area contributed by atoms with Crippen molar-refractivity contribution < 1.29 is 29.3 Å². The van der Waals surface area contributed by atoms with Crippen molar-refractivity contribution in [1.29, 1.82) is 0 Å². The molecule has 38 heavy (non-hydrogen) atoms. The normalized spacial score (nSPS) is 35.2. The van der Waals surface area contributed by atoms with E-state index in [9.17, 15) is 19.8 Å². The summed E-state index contributed by atoms with van der Waals surface area (Å²) in [7, 11) is 0. The van der Waals surface area contributed by atoms with Gasteiger partial charge in [0.1, 0.15) is 11.9 Å². The van der Waals surface area contributed by atoms with Crippen molar-refractivity contribution in [2.75, 3.05) is 0 Å². The molecule has 0 aromatic carbocycles. The Labute approximate surface area is 227 Å². The topological polar surface area (TPSA) is 109 Å². The number of allylic oxidation sites excluding steroid dienone is 1. The van der Waals surface area contributed by atoms with Gasteiger partial charge in [-0.2, -0.15) is 0 Å². The molecule has 2 fully saturated rings. The third-order valence-corrected chi connectivity index (χ3v) is 8.48. The maximum absolute atomic E-state index is 13.7. The number of hydrogen-bond acceptors (Lipinski definition) is 7. The van der Waals surface area contributed by atoms with Gasteiger partial charge in [-0.25, -0.2) is 0 Å². The molecule has 210 valence electrons. The first-order chi connectivity index (χ1) is 17.9. The minimum Gasteiger partial charge on any atom is -0.458 e. The van der Waals surface area contributed by atoms with Gasteiger partial charge in [-0.15, -0.1) is 6.58 Å². The molecule has 2 unspecified atom stereocenters. The molecular formula is C31H45NO6. The largest absolute Gasteiger partial charge is 0.458 e. The lowest BCUT2D eigenvalue weighted by atomic mass is 9.71. The quantitative estimate of drug-likeness (QED) is 0.313. The van der Waals surface area contributed by atoms with Crippen molar-refractivity contribution >= 4 is 17.8 Å². The Morgan fingerprint density at radius 1 is 1.24 bits per heavy atom. The summed E-state index contributed by atoms with van der Waals surface area (Å²) in [6.45, 7) is 13.0. The first-order valence-corrected chi connectivity index (χ1v) is 13.9. The zero-order chi connectivity index (χ0) is 28.1. The third kappa shape index (κ3) is 7.39. The molecule has 7 atom stereocenters. The summed E-state index contributed by atoms with van der Waals surface area (Å²) in [4.78, 5) is 31.1. The zero-order valence-corrected chi connectivity index (χ0v) is 23.6. The number of nitrogens with zero attached hydrogens (tertiary/aromatic N) is 1. The Morgan fingerprint density at radius 3 is 2.63 bits per heavy atom. The molecule has 0 saturated carbocycles. The Morgan fingerprint density at radius 2 is 1.97 bits per heavy atom. The van der Waals surface area contributed by atoms with Gasteiger partial charge < -0.3 is 19.7 Å². The molecule has 0 bridgehead atoms. The second kappa shape index (κ2) is 12.7.